The lowest BCUT2D eigenvalue weighted by atomic mass is 10.1. The lowest BCUT2D eigenvalue weighted by molar-refractivity contribution is -0.122. The van der Waals surface area contributed by atoms with E-state index >= 15 is 0 Å². The van der Waals surface area contributed by atoms with Crippen molar-refractivity contribution in [2.24, 2.45) is 5.92 Å². The average Bonchev–Trinajstić information content (AvgIpc) is 2.79. The van der Waals surface area contributed by atoms with Crippen LogP contribution in [-0.4, -0.2) is 28.5 Å². The summed E-state index contributed by atoms with van der Waals surface area (Å²) in [4.78, 5) is 25.5. The summed E-state index contributed by atoms with van der Waals surface area (Å²) < 4.78 is 5.20. The van der Waals surface area contributed by atoms with Crippen LogP contribution in [0, 0.1) is 11.3 Å². The predicted octanol–water partition coefficient (Wildman–Crippen LogP) is 3.12. The van der Waals surface area contributed by atoms with E-state index in [4.69, 9.17) is 10.1 Å². The van der Waals surface area contributed by atoms with Gasteiger partial charge in [0.05, 0.1) is 6.54 Å². The van der Waals surface area contributed by atoms with E-state index in [9.17, 15) is 9.59 Å². The van der Waals surface area contributed by atoms with Crippen molar-refractivity contribution in [3.8, 4) is 0 Å². The number of alkyl carbamates (subject to hydrolysis) is 1. The van der Waals surface area contributed by atoms with E-state index in [1.54, 1.807) is 0 Å². The minimum Gasteiger partial charge on any atom is -0.444 e. The molecule has 0 unspecified atom stereocenters. The molecule has 0 radical (unpaired) electrons. The Morgan fingerprint density at radius 2 is 1.85 bits per heavy atom. The number of guanidine groups is 1. The summed E-state index contributed by atoms with van der Waals surface area (Å²) in [7, 11) is 0. The number of ether oxygens (including phenoxy) is 1. The molecule has 1 aromatic rings. The fourth-order valence-corrected chi connectivity index (χ4v) is 2.53. The molecule has 0 aromatic heterocycles. The van der Waals surface area contributed by atoms with Crippen LogP contribution in [0.25, 0.3) is 0 Å². The molecule has 1 aromatic carbocycles. The molecular weight excluding hydrogens is 344 g/mol. The van der Waals surface area contributed by atoms with Crippen molar-refractivity contribution >= 4 is 18.0 Å². The number of nitrogens with one attached hydrogen (secondary N) is 3. The van der Waals surface area contributed by atoms with Crippen molar-refractivity contribution in [1.29, 1.82) is 5.41 Å². The summed E-state index contributed by atoms with van der Waals surface area (Å²) in [6.45, 7) is 10.1. The summed E-state index contributed by atoms with van der Waals surface area (Å²) in [5, 5.41) is 13.5. The molecule has 1 aliphatic rings. The van der Waals surface area contributed by atoms with Gasteiger partial charge in [-0.2, -0.15) is 0 Å². The third-order valence-corrected chi connectivity index (χ3v) is 3.70. The molecule has 1 heterocycles. The second-order valence-electron chi connectivity index (χ2n) is 7.86. The summed E-state index contributed by atoms with van der Waals surface area (Å²) >= 11 is 0. The summed E-state index contributed by atoms with van der Waals surface area (Å²) in [5.74, 6) is 0.118. The van der Waals surface area contributed by atoms with E-state index in [1.807, 2.05) is 65.0 Å². The van der Waals surface area contributed by atoms with Gasteiger partial charge >= 0.3 is 6.09 Å². The quantitative estimate of drug-likeness (QED) is 0.692. The summed E-state index contributed by atoms with van der Waals surface area (Å²) in [6, 6.07) is 7.54. The van der Waals surface area contributed by atoms with Crippen molar-refractivity contribution < 1.29 is 14.3 Å². The Kier molecular flexibility index (Phi) is 6.25. The van der Waals surface area contributed by atoms with E-state index in [1.165, 1.54) is 4.90 Å². The Morgan fingerprint density at radius 3 is 2.41 bits per heavy atom. The second kappa shape index (κ2) is 8.24. The zero-order chi connectivity index (χ0) is 20.2. The fourth-order valence-electron chi connectivity index (χ4n) is 2.53. The van der Waals surface area contributed by atoms with Gasteiger partial charge in [0.2, 0.25) is 5.96 Å². The third-order valence-electron chi connectivity index (χ3n) is 3.70. The highest BCUT2D eigenvalue weighted by atomic mass is 16.6. The molecule has 146 valence electrons. The van der Waals surface area contributed by atoms with Crippen molar-refractivity contribution in [2.75, 3.05) is 0 Å². The second-order valence-corrected chi connectivity index (χ2v) is 7.86. The Bertz CT molecular complexity index is 745. The van der Waals surface area contributed by atoms with Crippen LogP contribution in [0.4, 0.5) is 4.79 Å². The zero-order valence-corrected chi connectivity index (χ0v) is 16.6. The van der Waals surface area contributed by atoms with E-state index < -0.39 is 11.7 Å². The van der Waals surface area contributed by atoms with Crippen LogP contribution < -0.4 is 10.6 Å². The minimum atomic E-state index is -0.530. The van der Waals surface area contributed by atoms with Gasteiger partial charge in [-0.3, -0.25) is 15.1 Å². The lowest BCUT2D eigenvalue weighted by Gasteiger charge is -2.19. The number of amides is 2. The first kappa shape index (κ1) is 20.5. The highest BCUT2D eigenvalue weighted by Crippen LogP contribution is 2.16. The Morgan fingerprint density at radius 1 is 1.26 bits per heavy atom. The molecule has 1 fully saturated rings. The van der Waals surface area contributed by atoms with Crippen LogP contribution in [-0.2, 0) is 22.6 Å². The smallest absolute Gasteiger partial charge is 0.407 e. The number of nitrogens with zero attached hydrogens (tertiary/aromatic N) is 1. The highest BCUT2D eigenvalue weighted by Gasteiger charge is 2.30. The largest absolute Gasteiger partial charge is 0.444 e. The molecular formula is C20H28N4O3. The van der Waals surface area contributed by atoms with Gasteiger partial charge in [-0.25, -0.2) is 4.79 Å². The monoisotopic (exact) mass is 372 g/mol. The average molecular weight is 372 g/mol. The minimum absolute atomic E-state index is 0.0857. The van der Waals surface area contributed by atoms with Crippen molar-refractivity contribution in [3.05, 3.63) is 47.2 Å². The number of allylic oxidation sites excluding steroid dienone is 1. The molecule has 7 nitrogen and oxygen atoms in total. The van der Waals surface area contributed by atoms with Gasteiger partial charge in [0, 0.05) is 6.54 Å². The van der Waals surface area contributed by atoms with Gasteiger partial charge < -0.3 is 15.4 Å². The zero-order valence-electron chi connectivity index (χ0n) is 16.6. The Labute approximate surface area is 160 Å². The maximum atomic E-state index is 12.4. The molecule has 1 aliphatic heterocycles. The topological polar surface area (TPSA) is 94.5 Å². The third kappa shape index (κ3) is 6.13. The first-order valence-electron chi connectivity index (χ1n) is 8.99. The first-order chi connectivity index (χ1) is 12.5. The van der Waals surface area contributed by atoms with Gasteiger partial charge in [-0.1, -0.05) is 44.2 Å². The predicted molar refractivity (Wildman–Crippen MR) is 104 cm³/mol. The highest BCUT2D eigenvalue weighted by molar-refractivity contribution is 6.12. The molecule has 1 saturated heterocycles. The SMILES string of the molecule is CC(C)/C=C1\NC(=N)N(Cc2ccc(CNC(=O)OC(C)(C)C)cc2)C1=O. The summed E-state index contributed by atoms with van der Waals surface area (Å²) in [6.07, 6.45) is 1.36. The van der Waals surface area contributed by atoms with Crippen LogP contribution in [0.1, 0.15) is 45.7 Å². The Balaban J connectivity index is 1.93. The molecule has 0 aliphatic carbocycles. The maximum absolute atomic E-state index is 12.4. The van der Waals surface area contributed by atoms with Crippen LogP contribution in [0.5, 0.6) is 0 Å². The number of carbonyl (C=O) groups excluding carboxylic acids is 2. The number of rotatable bonds is 5. The maximum Gasteiger partial charge on any atom is 0.407 e. The van der Waals surface area contributed by atoms with E-state index in [2.05, 4.69) is 10.6 Å². The first-order valence-corrected chi connectivity index (χ1v) is 8.99. The normalized spacial score (nSPS) is 16.1. The molecule has 2 amide bonds. The van der Waals surface area contributed by atoms with Crippen molar-refractivity contribution in [3.63, 3.8) is 0 Å². The molecule has 0 spiro atoms. The molecule has 0 saturated carbocycles. The van der Waals surface area contributed by atoms with E-state index in [-0.39, 0.29) is 17.8 Å². The van der Waals surface area contributed by atoms with Gasteiger partial charge in [-0.05, 0) is 37.8 Å². The van der Waals surface area contributed by atoms with E-state index in [0.717, 1.165) is 11.1 Å². The van der Waals surface area contributed by atoms with Crippen LogP contribution in [0.15, 0.2) is 36.0 Å². The molecule has 7 heteroatoms. The number of benzene rings is 1. The van der Waals surface area contributed by atoms with Crippen LogP contribution in [0.3, 0.4) is 0 Å². The van der Waals surface area contributed by atoms with Gasteiger partial charge in [-0.15, -0.1) is 0 Å². The molecule has 27 heavy (non-hydrogen) atoms. The summed E-state index contributed by atoms with van der Waals surface area (Å²) in [5.41, 5.74) is 1.75. The number of hydrogen-bond acceptors (Lipinski definition) is 4. The molecule has 0 bridgehead atoms. The lowest BCUT2D eigenvalue weighted by Crippen LogP contribution is -2.32. The Hall–Kier alpha value is -2.83. The van der Waals surface area contributed by atoms with Gasteiger partial charge in [0.15, 0.2) is 0 Å². The molecule has 2 rings (SSSR count). The van der Waals surface area contributed by atoms with Crippen LogP contribution in [0.2, 0.25) is 0 Å². The van der Waals surface area contributed by atoms with Gasteiger partial charge in [0.1, 0.15) is 11.3 Å². The van der Waals surface area contributed by atoms with Crippen molar-refractivity contribution in [1.82, 2.24) is 15.5 Å². The standard InChI is InChI=1S/C20H28N4O3/c1-13(2)10-16-17(25)24(18(21)23-16)12-15-8-6-14(7-9-15)11-22-19(26)27-20(3,4)5/h6-10,13H,11-12H2,1-5H3,(H2,21,23)(H,22,26)/b16-10-. The van der Waals surface area contributed by atoms with Crippen molar-refractivity contribution in [2.45, 2.75) is 53.3 Å². The van der Waals surface area contributed by atoms with Crippen LogP contribution >= 0.6 is 0 Å². The fraction of sp³-hybridized carbons (Fsp3) is 0.450. The molecule has 0 atom stereocenters. The van der Waals surface area contributed by atoms with E-state index in [0.29, 0.717) is 18.8 Å². The van der Waals surface area contributed by atoms with Gasteiger partial charge in [0.25, 0.3) is 5.91 Å². The number of hydrogen-bond donors (Lipinski definition) is 3. The molecule has 3 N–H and O–H groups in total. The number of carbonyl (C=O) groups is 2.